The number of nitriles is 1. The van der Waals surface area contributed by atoms with Gasteiger partial charge in [0.2, 0.25) is 5.91 Å². The molecule has 2 saturated heterocycles. The van der Waals surface area contributed by atoms with Crippen molar-refractivity contribution in [3.05, 3.63) is 24.7 Å². The van der Waals surface area contributed by atoms with E-state index >= 15 is 0 Å². The van der Waals surface area contributed by atoms with Crippen molar-refractivity contribution in [1.82, 2.24) is 15.1 Å². The molecule has 0 aromatic carbocycles. The number of carbonyl (C=O) groups is 1. The summed E-state index contributed by atoms with van der Waals surface area (Å²) >= 11 is 0. The Kier molecular flexibility index (Phi) is 5.40. The van der Waals surface area contributed by atoms with Gasteiger partial charge in [0.15, 0.2) is 0 Å². The average Bonchev–Trinajstić information content (AvgIpc) is 2.62. The van der Waals surface area contributed by atoms with Crippen LogP contribution >= 0.6 is 0 Å². The number of allylic oxidation sites excluding steroid dienone is 1. The third kappa shape index (κ3) is 3.64. The zero-order valence-corrected chi connectivity index (χ0v) is 15.3. The van der Waals surface area contributed by atoms with Gasteiger partial charge in [0.1, 0.15) is 24.4 Å². The van der Waals surface area contributed by atoms with E-state index in [4.69, 9.17) is 5.26 Å². The van der Waals surface area contributed by atoms with Crippen LogP contribution in [0.1, 0.15) is 45.4 Å². The number of carbonyl (C=O) groups excluding carboxylic acids is 1. The number of hydrogen-bond acceptors (Lipinski definition) is 4. The van der Waals surface area contributed by atoms with E-state index < -0.39 is 0 Å². The normalized spacial score (nSPS) is 29.5. The molecule has 0 bridgehead atoms. The number of likely N-dealkylation sites (tertiary alicyclic amines) is 2. The molecule has 0 saturated carbocycles. The molecule has 2 atom stereocenters. The van der Waals surface area contributed by atoms with Crippen molar-refractivity contribution in [1.29, 1.82) is 5.26 Å². The number of rotatable bonds is 4. The first-order valence-corrected chi connectivity index (χ1v) is 9.19. The molecule has 3 rings (SSSR count). The molecule has 2 unspecified atom stereocenters. The first-order chi connectivity index (χ1) is 12.6. The molecular formula is C19H26N6O. The van der Waals surface area contributed by atoms with Gasteiger partial charge in [0.25, 0.3) is 0 Å². The van der Waals surface area contributed by atoms with Gasteiger partial charge in [-0.05, 0) is 38.8 Å². The van der Waals surface area contributed by atoms with E-state index in [0.717, 1.165) is 51.0 Å². The molecule has 1 N–H and O–H groups in total. The Hall–Kier alpha value is -2.62. The summed E-state index contributed by atoms with van der Waals surface area (Å²) in [4.78, 5) is 25.1. The van der Waals surface area contributed by atoms with Crippen LogP contribution in [-0.4, -0.2) is 52.6 Å². The SMILES string of the molecule is C=C(/N=C\N=C1CCC=CN1)N1CCCC2(CC(C)N2C(=O)CC#N)C1. The second-order valence-electron chi connectivity index (χ2n) is 7.22. The van der Waals surface area contributed by atoms with Gasteiger partial charge < -0.3 is 15.1 Å². The summed E-state index contributed by atoms with van der Waals surface area (Å²) in [5.74, 6) is 1.51. The van der Waals surface area contributed by atoms with Gasteiger partial charge >= 0.3 is 0 Å². The summed E-state index contributed by atoms with van der Waals surface area (Å²) in [6.07, 6.45) is 10.3. The van der Waals surface area contributed by atoms with Crippen molar-refractivity contribution >= 4 is 18.1 Å². The van der Waals surface area contributed by atoms with Crippen LogP contribution in [0.5, 0.6) is 0 Å². The first-order valence-electron chi connectivity index (χ1n) is 9.19. The van der Waals surface area contributed by atoms with Crippen LogP contribution in [0, 0.1) is 11.3 Å². The van der Waals surface area contributed by atoms with Crippen molar-refractivity contribution in [2.24, 2.45) is 9.98 Å². The molecule has 0 aromatic heterocycles. The van der Waals surface area contributed by atoms with E-state index in [1.54, 1.807) is 6.34 Å². The highest BCUT2D eigenvalue weighted by atomic mass is 16.2. The lowest BCUT2D eigenvalue weighted by Gasteiger charge is -2.61. The highest BCUT2D eigenvalue weighted by molar-refractivity contribution is 5.90. The summed E-state index contributed by atoms with van der Waals surface area (Å²) in [6, 6.07) is 2.18. The third-order valence-corrected chi connectivity index (χ3v) is 5.38. The molecule has 7 nitrogen and oxygen atoms in total. The molecule has 0 aromatic rings. The van der Waals surface area contributed by atoms with Crippen molar-refractivity contribution < 1.29 is 4.79 Å². The number of aliphatic imine (C=N–C) groups is 2. The molecule has 3 aliphatic rings. The zero-order valence-electron chi connectivity index (χ0n) is 15.3. The number of hydrogen-bond donors (Lipinski definition) is 1. The molecule has 3 heterocycles. The van der Waals surface area contributed by atoms with E-state index in [1.165, 1.54) is 0 Å². The Bertz CT molecular complexity index is 699. The van der Waals surface area contributed by atoms with Gasteiger partial charge in [-0.2, -0.15) is 5.26 Å². The standard InChI is InChI=1S/C19H26N6O/c1-15-12-19(25(15)18(26)7-9-20)8-5-11-24(13-19)16(2)22-14-23-17-6-3-4-10-21-17/h4,10,14-15H,2-3,5-8,11-13H2,1H3,(H,21,22,23). The molecular weight excluding hydrogens is 328 g/mol. The fourth-order valence-corrected chi connectivity index (χ4v) is 4.33. The molecule has 7 heteroatoms. The van der Waals surface area contributed by atoms with E-state index in [1.807, 2.05) is 24.1 Å². The highest BCUT2D eigenvalue weighted by Crippen LogP contribution is 2.44. The fraction of sp³-hybridized carbons (Fsp3) is 0.579. The second kappa shape index (κ2) is 7.73. The van der Waals surface area contributed by atoms with Crippen LogP contribution < -0.4 is 5.32 Å². The minimum atomic E-state index is -0.175. The van der Waals surface area contributed by atoms with Crippen molar-refractivity contribution in [2.75, 3.05) is 13.1 Å². The second-order valence-corrected chi connectivity index (χ2v) is 7.22. The number of nitrogens with one attached hydrogen (secondary N) is 1. The maximum absolute atomic E-state index is 12.3. The van der Waals surface area contributed by atoms with Crippen molar-refractivity contribution in [3.8, 4) is 6.07 Å². The van der Waals surface area contributed by atoms with Crippen molar-refractivity contribution in [2.45, 2.75) is 57.0 Å². The number of amides is 1. The lowest BCUT2D eigenvalue weighted by molar-refractivity contribution is -0.161. The summed E-state index contributed by atoms with van der Waals surface area (Å²) < 4.78 is 0. The largest absolute Gasteiger partial charge is 0.355 e. The Morgan fingerprint density at radius 3 is 3.15 bits per heavy atom. The van der Waals surface area contributed by atoms with E-state index in [0.29, 0.717) is 5.82 Å². The van der Waals surface area contributed by atoms with Crippen molar-refractivity contribution in [3.63, 3.8) is 0 Å². The number of piperidine rings is 1. The monoisotopic (exact) mass is 354 g/mol. The van der Waals surface area contributed by atoms with Crippen LogP contribution in [0.15, 0.2) is 34.7 Å². The minimum absolute atomic E-state index is 0.0515. The average molecular weight is 354 g/mol. The summed E-state index contributed by atoms with van der Waals surface area (Å²) in [5, 5.41) is 12.0. The number of nitrogens with zero attached hydrogens (tertiary/aromatic N) is 5. The van der Waals surface area contributed by atoms with Gasteiger partial charge in [-0.15, -0.1) is 0 Å². The summed E-state index contributed by atoms with van der Waals surface area (Å²) in [7, 11) is 0. The van der Waals surface area contributed by atoms with E-state index in [-0.39, 0.29) is 23.9 Å². The quantitative estimate of drug-likeness (QED) is 0.619. The maximum Gasteiger partial charge on any atom is 0.237 e. The molecule has 0 aliphatic carbocycles. The maximum atomic E-state index is 12.3. The van der Waals surface area contributed by atoms with Gasteiger partial charge in [-0.25, -0.2) is 9.98 Å². The van der Waals surface area contributed by atoms with Gasteiger partial charge in [0.05, 0.1) is 11.6 Å². The van der Waals surface area contributed by atoms with Gasteiger partial charge in [0, 0.05) is 25.6 Å². The van der Waals surface area contributed by atoms with Gasteiger partial charge in [-0.1, -0.05) is 12.7 Å². The van der Waals surface area contributed by atoms with E-state index in [2.05, 4.69) is 32.9 Å². The van der Waals surface area contributed by atoms with Crippen LogP contribution in [0.3, 0.4) is 0 Å². The van der Waals surface area contributed by atoms with E-state index in [9.17, 15) is 4.79 Å². The summed E-state index contributed by atoms with van der Waals surface area (Å²) in [5.41, 5.74) is -0.175. The Morgan fingerprint density at radius 2 is 2.46 bits per heavy atom. The molecule has 1 spiro atoms. The number of amidine groups is 1. The van der Waals surface area contributed by atoms with Gasteiger partial charge in [-0.3, -0.25) is 4.79 Å². The third-order valence-electron chi connectivity index (χ3n) is 5.38. The molecule has 138 valence electrons. The van der Waals surface area contributed by atoms with Crippen LogP contribution in [0.4, 0.5) is 0 Å². The zero-order chi connectivity index (χ0) is 18.6. The minimum Gasteiger partial charge on any atom is -0.355 e. The predicted octanol–water partition coefficient (Wildman–Crippen LogP) is 2.15. The summed E-state index contributed by atoms with van der Waals surface area (Å²) in [6.45, 7) is 7.73. The Labute approximate surface area is 154 Å². The lowest BCUT2D eigenvalue weighted by atomic mass is 9.73. The van der Waals surface area contributed by atoms with Crippen LogP contribution in [-0.2, 0) is 4.79 Å². The Balaban J connectivity index is 1.63. The van der Waals surface area contributed by atoms with Crippen LogP contribution in [0.2, 0.25) is 0 Å². The highest BCUT2D eigenvalue weighted by Gasteiger charge is 2.53. The predicted molar refractivity (Wildman–Crippen MR) is 101 cm³/mol. The fourth-order valence-electron chi connectivity index (χ4n) is 4.33. The Morgan fingerprint density at radius 1 is 1.62 bits per heavy atom. The topological polar surface area (TPSA) is 84.1 Å². The lowest BCUT2D eigenvalue weighted by Crippen LogP contribution is -2.71. The van der Waals surface area contributed by atoms with Crippen LogP contribution in [0.25, 0.3) is 0 Å². The first kappa shape index (κ1) is 18.2. The molecule has 0 radical (unpaired) electrons. The molecule has 1 amide bonds. The molecule has 26 heavy (non-hydrogen) atoms. The molecule has 2 fully saturated rings. The smallest absolute Gasteiger partial charge is 0.237 e. The molecule has 3 aliphatic heterocycles.